The molecule has 0 fully saturated rings. The third-order valence-electron chi connectivity index (χ3n) is 4.29. The van der Waals surface area contributed by atoms with E-state index < -0.39 is 0 Å². The van der Waals surface area contributed by atoms with Gasteiger partial charge in [-0.25, -0.2) is 9.98 Å². The van der Waals surface area contributed by atoms with Crippen LogP contribution in [0.5, 0.6) is 17.4 Å². The van der Waals surface area contributed by atoms with Gasteiger partial charge in [0, 0.05) is 18.0 Å². The van der Waals surface area contributed by atoms with E-state index in [1.165, 1.54) is 11.1 Å². The standard InChI is InChI=1S/C22H24N4O2/c1-15-4-7-20(12-16(15)2)28-21-13-17(10-11-24-21)14-25-22(23)26-18-5-8-19(27-3)9-6-18/h4-13H,14H2,1-3H3,(H3,23,25,26). The van der Waals surface area contributed by atoms with Crippen molar-refractivity contribution >= 4 is 11.6 Å². The Hall–Kier alpha value is -3.54. The third-order valence-corrected chi connectivity index (χ3v) is 4.29. The van der Waals surface area contributed by atoms with Gasteiger partial charge in [-0.05, 0) is 73.0 Å². The minimum Gasteiger partial charge on any atom is -0.497 e. The van der Waals surface area contributed by atoms with Crippen LogP contribution < -0.4 is 20.5 Å². The zero-order chi connectivity index (χ0) is 19.9. The van der Waals surface area contributed by atoms with Crippen LogP contribution in [0.3, 0.4) is 0 Å². The van der Waals surface area contributed by atoms with Crippen LogP contribution in [-0.2, 0) is 6.54 Å². The Labute approximate surface area is 165 Å². The number of benzene rings is 2. The number of aryl methyl sites for hydroxylation is 2. The van der Waals surface area contributed by atoms with Gasteiger partial charge >= 0.3 is 0 Å². The summed E-state index contributed by atoms with van der Waals surface area (Å²) in [6, 6.07) is 17.2. The number of methoxy groups -OCH3 is 1. The average molecular weight is 376 g/mol. The Balaban J connectivity index is 1.62. The summed E-state index contributed by atoms with van der Waals surface area (Å²) >= 11 is 0. The first-order valence-electron chi connectivity index (χ1n) is 8.94. The number of pyridine rings is 1. The van der Waals surface area contributed by atoms with Crippen LogP contribution in [0.2, 0.25) is 0 Å². The van der Waals surface area contributed by atoms with Gasteiger partial charge in [0.15, 0.2) is 5.96 Å². The summed E-state index contributed by atoms with van der Waals surface area (Å²) in [6.07, 6.45) is 1.70. The molecule has 1 aromatic heterocycles. The average Bonchev–Trinajstić information content (AvgIpc) is 2.70. The van der Waals surface area contributed by atoms with E-state index in [2.05, 4.69) is 29.1 Å². The molecule has 144 valence electrons. The number of ether oxygens (including phenoxy) is 2. The highest BCUT2D eigenvalue weighted by Gasteiger charge is 2.03. The van der Waals surface area contributed by atoms with Crippen LogP contribution >= 0.6 is 0 Å². The predicted octanol–water partition coefficient (Wildman–Crippen LogP) is 4.43. The molecule has 0 aliphatic rings. The largest absolute Gasteiger partial charge is 0.497 e. The first-order valence-corrected chi connectivity index (χ1v) is 8.94. The summed E-state index contributed by atoms with van der Waals surface area (Å²) in [5, 5.41) is 3.05. The second-order valence-electron chi connectivity index (χ2n) is 6.41. The normalized spacial score (nSPS) is 11.2. The molecule has 0 atom stereocenters. The van der Waals surface area contributed by atoms with E-state index in [0.717, 1.165) is 22.7 Å². The fraction of sp³-hybridized carbons (Fsp3) is 0.182. The summed E-state index contributed by atoms with van der Waals surface area (Å²) in [4.78, 5) is 8.64. The maximum absolute atomic E-state index is 5.98. The topological polar surface area (TPSA) is 81.8 Å². The maximum atomic E-state index is 5.98. The van der Waals surface area contributed by atoms with Crippen molar-refractivity contribution in [2.75, 3.05) is 12.4 Å². The molecular weight excluding hydrogens is 352 g/mol. The molecular formula is C22H24N4O2. The Bertz CT molecular complexity index is 969. The molecule has 0 aliphatic heterocycles. The highest BCUT2D eigenvalue weighted by molar-refractivity contribution is 5.92. The Morgan fingerprint density at radius 1 is 1.00 bits per heavy atom. The minimum atomic E-state index is 0.332. The summed E-state index contributed by atoms with van der Waals surface area (Å²) in [5.41, 5.74) is 10.2. The second kappa shape index (κ2) is 8.90. The van der Waals surface area contributed by atoms with Gasteiger partial charge in [-0.3, -0.25) is 0 Å². The van der Waals surface area contributed by atoms with Crippen molar-refractivity contribution in [3.63, 3.8) is 0 Å². The molecule has 2 aromatic carbocycles. The Morgan fingerprint density at radius 2 is 1.75 bits per heavy atom. The van der Waals surface area contributed by atoms with Crippen LogP contribution in [0, 0.1) is 13.8 Å². The number of nitrogens with one attached hydrogen (secondary N) is 1. The molecule has 0 saturated heterocycles. The van der Waals surface area contributed by atoms with Crippen molar-refractivity contribution in [3.05, 3.63) is 77.5 Å². The van der Waals surface area contributed by atoms with Gasteiger partial charge < -0.3 is 20.5 Å². The number of anilines is 1. The molecule has 0 unspecified atom stereocenters. The highest BCUT2D eigenvalue weighted by Crippen LogP contribution is 2.23. The van der Waals surface area contributed by atoms with Crippen LogP contribution in [0.4, 0.5) is 5.69 Å². The number of nitrogens with two attached hydrogens (primary N) is 1. The number of aliphatic imine (C=N–C) groups is 1. The van der Waals surface area contributed by atoms with Crippen molar-refractivity contribution < 1.29 is 9.47 Å². The number of nitrogens with zero attached hydrogens (tertiary/aromatic N) is 2. The van der Waals surface area contributed by atoms with Gasteiger partial charge in [-0.1, -0.05) is 6.07 Å². The molecule has 0 radical (unpaired) electrons. The van der Waals surface area contributed by atoms with E-state index >= 15 is 0 Å². The van der Waals surface area contributed by atoms with E-state index in [-0.39, 0.29) is 0 Å². The minimum absolute atomic E-state index is 0.332. The van der Waals surface area contributed by atoms with E-state index in [1.54, 1.807) is 13.3 Å². The highest BCUT2D eigenvalue weighted by atomic mass is 16.5. The molecule has 0 saturated carbocycles. The number of aromatic nitrogens is 1. The SMILES string of the molecule is COc1ccc(NC(N)=NCc2ccnc(Oc3ccc(C)c(C)c3)c2)cc1. The summed E-state index contributed by atoms with van der Waals surface area (Å²) in [7, 11) is 1.63. The van der Waals surface area contributed by atoms with Gasteiger partial charge in [0.25, 0.3) is 0 Å². The van der Waals surface area contributed by atoms with Crippen molar-refractivity contribution in [1.82, 2.24) is 4.98 Å². The number of rotatable bonds is 6. The monoisotopic (exact) mass is 376 g/mol. The van der Waals surface area contributed by atoms with E-state index in [0.29, 0.717) is 18.4 Å². The van der Waals surface area contributed by atoms with Gasteiger partial charge in [0.2, 0.25) is 5.88 Å². The van der Waals surface area contributed by atoms with Crippen LogP contribution in [0.15, 0.2) is 65.8 Å². The smallest absolute Gasteiger partial charge is 0.219 e. The fourth-order valence-corrected chi connectivity index (χ4v) is 2.54. The first-order chi connectivity index (χ1) is 13.5. The van der Waals surface area contributed by atoms with Crippen molar-refractivity contribution in [1.29, 1.82) is 0 Å². The lowest BCUT2D eigenvalue weighted by molar-refractivity contribution is 0.415. The zero-order valence-corrected chi connectivity index (χ0v) is 16.3. The lowest BCUT2D eigenvalue weighted by Gasteiger charge is -2.09. The number of guanidine groups is 1. The molecule has 1 heterocycles. The van der Waals surface area contributed by atoms with Gasteiger partial charge in [0.05, 0.1) is 13.7 Å². The number of hydrogen-bond acceptors (Lipinski definition) is 4. The fourth-order valence-electron chi connectivity index (χ4n) is 2.54. The molecule has 3 aromatic rings. The van der Waals surface area contributed by atoms with Gasteiger partial charge in [-0.2, -0.15) is 0 Å². The van der Waals surface area contributed by atoms with Gasteiger partial charge in [-0.15, -0.1) is 0 Å². The van der Waals surface area contributed by atoms with Crippen LogP contribution in [0.25, 0.3) is 0 Å². The predicted molar refractivity (Wildman–Crippen MR) is 112 cm³/mol. The molecule has 3 N–H and O–H groups in total. The molecule has 0 bridgehead atoms. The molecule has 0 amide bonds. The van der Waals surface area contributed by atoms with Gasteiger partial charge in [0.1, 0.15) is 11.5 Å². The Kier molecular flexibility index (Phi) is 6.11. The lowest BCUT2D eigenvalue weighted by atomic mass is 10.1. The second-order valence-corrected chi connectivity index (χ2v) is 6.41. The van der Waals surface area contributed by atoms with Crippen molar-refractivity contribution in [3.8, 4) is 17.4 Å². The summed E-state index contributed by atoms with van der Waals surface area (Å²) < 4.78 is 11.0. The lowest BCUT2D eigenvalue weighted by Crippen LogP contribution is -2.22. The van der Waals surface area contributed by atoms with E-state index in [9.17, 15) is 0 Å². The van der Waals surface area contributed by atoms with Crippen molar-refractivity contribution in [2.24, 2.45) is 10.7 Å². The van der Waals surface area contributed by atoms with E-state index in [4.69, 9.17) is 15.2 Å². The molecule has 0 aliphatic carbocycles. The quantitative estimate of drug-likeness (QED) is 0.491. The van der Waals surface area contributed by atoms with Crippen LogP contribution in [-0.4, -0.2) is 18.1 Å². The summed E-state index contributed by atoms with van der Waals surface area (Å²) in [5.74, 6) is 2.40. The maximum Gasteiger partial charge on any atom is 0.219 e. The molecule has 6 nitrogen and oxygen atoms in total. The van der Waals surface area contributed by atoms with Crippen molar-refractivity contribution in [2.45, 2.75) is 20.4 Å². The first kappa shape index (κ1) is 19.2. The molecule has 6 heteroatoms. The van der Waals surface area contributed by atoms with E-state index in [1.807, 2.05) is 54.6 Å². The van der Waals surface area contributed by atoms with Crippen LogP contribution in [0.1, 0.15) is 16.7 Å². The summed E-state index contributed by atoms with van der Waals surface area (Å²) in [6.45, 7) is 4.54. The number of hydrogen-bond donors (Lipinski definition) is 2. The third kappa shape index (κ3) is 5.23. The Morgan fingerprint density at radius 3 is 2.46 bits per heavy atom. The molecule has 28 heavy (non-hydrogen) atoms. The molecule has 3 rings (SSSR count). The zero-order valence-electron chi connectivity index (χ0n) is 16.3. The molecule has 0 spiro atoms.